The van der Waals surface area contributed by atoms with Crippen LogP contribution in [0.3, 0.4) is 0 Å². The van der Waals surface area contributed by atoms with Crippen molar-refractivity contribution >= 4 is 23.1 Å². The molecule has 0 radical (unpaired) electrons. The number of phenolic OH excluding ortho intramolecular Hbond substituents is 2. The summed E-state index contributed by atoms with van der Waals surface area (Å²) in [4.78, 5) is 14.2. The number of para-hydroxylation sites is 2. The second-order valence-corrected chi connectivity index (χ2v) is 5.90. The summed E-state index contributed by atoms with van der Waals surface area (Å²) < 4.78 is 0. The zero-order chi connectivity index (χ0) is 18.6. The minimum Gasteiger partial charge on any atom is -0.506 e. The molecule has 132 valence electrons. The molecule has 0 spiro atoms. The van der Waals surface area contributed by atoms with Gasteiger partial charge in [0.1, 0.15) is 17.3 Å². The van der Waals surface area contributed by atoms with E-state index >= 15 is 0 Å². The molecule has 0 fully saturated rings. The molecule has 0 aromatic heterocycles. The number of phenols is 2. The third-order valence-electron chi connectivity index (χ3n) is 3.71. The lowest BCUT2D eigenvalue weighted by atomic mass is 10.1. The molecule has 0 aliphatic carbocycles. The summed E-state index contributed by atoms with van der Waals surface area (Å²) in [7, 11) is 0. The Morgan fingerprint density at radius 3 is 2.48 bits per heavy atom. The molecule has 0 saturated heterocycles. The predicted molar refractivity (Wildman–Crippen MR) is 98.3 cm³/mol. The lowest BCUT2D eigenvalue weighted by molar-refractivity contribution is -0.115. The number of rotatable bonds is 6. The van der Waals surface area contributed by atoms with E-state index in [1.54, 1.807) is 29.2 Å². The number of amidine groups is 1. The van der Waals surface area contributed by atoms with E-state index in [1.807, 2.05) is 13.8 Å². The fraction of sp³-hybridized carbons (Fsp3) is 0.222. The third-order valence-corrected chi connectivity index (χ3v) is 3.71. The van der Waals surface area contributed by atoms with Gasteiger partial charge in [-0.2, -0.15) is 0 Å². The smallest absolute Gasteiger partial charge is 0.244 e. The normalized spacial score (nSPS) is 10.5. The number of amides is 1. The van der Waals surface area contributed by atoms with Crippen LogP contribution in [0.15, 0.2) is 42.5 Å². The maximum absolute atomic E-state index is 12.4. The molecule has 7 heteroatoms. The van der Waals surface area contributed by atoms with Gasteiger partial charge in [0.25, 0.3) is 0 Å². The van der Waals surface area contributed by atoms with Crippen LogP contribution in [0.1, 0.15) is 19.4 Å². The number of nitrogens with two attached hydrogens (primary N) is 1. The lowest BCUT2D eigenvalue weighted by Crippen LogP contribution is -2.38. The highest BCUT2D eigenvalue weighted by Crippen LogP contribution is 2.28. The Bertz CT molecular complexity index is 790. The maximum Gasteiger partial charge on any atom is 0.244 e. The molecule has 25 heavy (non-hydrogen) atoms. The van der Waals surface area contributed by atoms with E-state index in [9.17, 15) is 15.0 Å². The Labute approximate surface area is 146 Å². The average Bonchev–Trinajstić information content (AvgIpc) is 2.55. The molecule has 2 rings (SSSR count). The summed E-state index contributed by atoms with van der Waals surface area (Å²) in [5.41, 5.74) is 6.56. The number of carbonyl (C=O) groups is 1. The molecule has 0 aliphatic rings. The standard InChI is InChI=1S/C18H22N4O3/c1-11(2)22(14-5-3-4-6-16(14)24)10-17(25)21-13-9-12(18(19)20)7-8-15(13)23/h3-9,11,23-24H,10H2,1-2H3,(H3,19,20)(H,21,25). The molecule has 0 bridgehead atoms. The van der Waals surface area contributed by atoms with Crippen LogP contribution in [0.25, 0.3) is 0 Å². The van der Waals surface area contributed by atoms with Crippen LogP contribution in [0.2, 0.25) is 0 Å². The summed E-state index contributed by atoms with van der Waals surface area (Å²) in [5, 5.41) is 30.0. The first-order chi connectivity index (χ1) is 11.8. The fourth-order valence-electron chi connectivity index (χ4n) is 2.40. The Morgan fingerprint density at radius 2 is 1.88 bits per heavy atom. The number of anilines is 2. The SMILES string of the molecule is CC(C)N(CC(=O)Nc1cc(C(=N)N)ccc1O)c1ccccc1O. The Hall–Kier alpha value is -3.22. The number of nitrogens with zero attached hydrogens (tertiary/aromatic N) is 1. The van der Waals surface area contributed by atoms with E-state index in [-0.39, 0.29) is 41.5 Å². The van der Waals surface area contributed by atoms with Gasteiger partial charge in [-0.05, 0) is 44.2 Å². The Kier molecular flexibility index (Phi) is 5.49. The van der Waals surface area contributed by atoms with Crippen molar-refractivity contribution in [3.05, 3.63) is 48.0 Å². The molecule has 2 aromatic carbocycles. The third kappa shape index (κ3) is 4.41. The molecule has 7 nitrogen and oxygen atoms in total. The molecular formula is C18H22N4O3. The summed E-state index contributed by atoms with van der Waals surface area (Å²) in [6.45, 7) is 3.81. The molecular weight excluding hydrogens is 320 g/mol. The topological polar surface area (TPSA) is 123 Å². The zero-order valence-electron chi connectivity index (χ0n) is 14.2. The number of hydrogen-bond acceptors (Lipinski definition) is 5. The average molecular weight is 342 g/mol. The lowest BCUT2D eigenvalue weighted by Gasteiger charge is -2.29. The van der Waals surface area contributed by atoms with Crippen molar-refractivity contribution in [2.45, 2.75) is 19.9 Å². The van der Waals surface area contributed by atoms with Crippen LogP contribution in [0.5, 0.6) is 11.5 Å². The van der Waals surface area contributed by atoms with E-state index in [0.29, 0.717) is 11.3 Å². The first kappa shape index (κ1) is 18.1. The second-order valence-electron chi connectivity index (χ2n) is 5.90. The second kappa shape index (κ2) is 7.57. The van der Waals surface area contributed by atoms with Gasteiger partial charge in [0.05, 0.1) is 17.9 Å². The van der Waals surface area contributed by atoms with Crippen LogP contribution in [-0.4, -0.2) is 34.5 Å². The van der Waals surface area contributed by atoms with Gasteiger partial charge in [-0.3, -0.25) is 10.2 Å². The van der Waals surface area contributed by atoms with Crippen molar-refractivity contribution in [2.24, 2.45) is 5.73 Å². The monoisotopic (exact) mass is 342 g/mol. The van der Waals surface area contributed by atoms with Gasteiger partial charge in [-0.25, -0.2) is 0 Å². The van der Waals surface area contributed by atoms with Gasteiger partial charge < -0.3 is 26.2 Å². The number of nitrogen functional groups attached to an aromatic ring is 1. The van der Waals surface area contributed by atoms with E-state index in [4.69, 9.17) is 11.1 Å². The Morgan fingerprint density at radius 1 is 1.20 bits per heavy atom. The van der Waals surface area contributed by atoms with E-state index in [2.05, 4.69) is 5.32 Å². The molecule has 2 aromatic rings. The van der Waals surface area contributed by atoms with Gasteiger partial charge in [-0.1, -0.05) is 12.1 Å². The van der Waals surface area contributed by atoms with Crippen LogP contribution in [0.4, 0.5) is 11.4 Å². The van der Waals surface area contributed by atoms with Crippen molar-refractivity contribution in [1.29, 1.82) is 5.41 Å². The predicted octanol–water partition coefficient (Wildman–Crippen LogP) is 2.24. The summed E-state index contributed by atoms with van der Waals surface area (Å²) in [6, 6.07) is 11.1. The first-order valence-corrected chi connectivity index (χ1v) is 7.81. The van der Waals surface area contributed by atoms with Crippen LogP contribution >= 0.6 is 0 Å². The van der Waals surface area contributed by atoms with Gasteiger partial charge in [0.2, 0.25) is 5.91 Å². The van der Waals surface area contributed by atoms with Gasteiger partial charge >= 0.3 is 0 Å². The molecule has 6 N–H and O–H groups in total. The minimum atomic E-state index is -0.368. The quantitative estimate of drug-likeness (QED) is 0.313. The highest BCUT2D eigenvalue weighted by atomic mass is 16.3. The number of benzene rings is 2. The van der Waals surface area contributed by atoms with Crippen molar-refractivity contribution in [3.63, 3.8) is 0 Å². The largest absolute Gasteiger partial charge is 0.506 e. The summed E-state index contributed by atoms with van der Waals surface area (Å²) >= 11 is 0. The number of hydrogen-bond donors (Lipinski definition) is 5. The fourth-order valence-corrected chi connectivity index (χ4v) is 2.40. The van der Waals surface area contributed by atoms with Crippen molar-refractivity contribution in [3.8, 4) is 11.5 Å². The van der Waals surface area contributed by atoms with Crippen molar-refractivity contribution < 1.29 is 15.0 Å². The molecule has 0 aliphatic heterocycles. The molecule has 0 saturated carbocycles. The summed E-state index contributed by atoms with van der Waals surface area (Å²) in [6.07, 6.45) is 0. The van der Waals surface area contributed by atoms with Gasteiger partial charge in [-0.15, -0.1) is 0 Å². The highest BCUT2D eigenvalue weighted by Gasteiger charge is 2.18. The number of carbonyl (C=O) groups excluding carboxylic acids is 1. The molecule has 0 atom stereocenters. The highest BCUT2D eigenvalue weighted by molar-refractivity contribution is 5.99. The first-order valence-electron chi connectivity index (χ1n) is 7.81. The van der Waals surface area contributed by atoms with Crippen LogP contribution in [0, 0.1) is 5.41 Å². The van der Waals surface area contributed by atoms with Crippen molar-refractivity contribution in [1.82, 2.24) is 0 Å². The Balaban J connectivity index is 2.19. The van der Waals surface area contributed by atoms with Gasteiger partial charge in [0, 0.05) is 11.6 Å². The van der Waals surface area contributed by atoms with Crippen LogP contribution in [-0.2, 0) is 4.79 Å². The van der Waals surface area contributed by atoms with E-state index < -0.39 is 0 Å². The molecule has 0 unspecified atom stereocenters. The van der Waals surface area contributed by atoms with Crippen LogP contribution < -0.4 is 16.0 Å². The van der Waals surface area contributed by atoms with Gasteiger partial charge in [0.15, 0.2) is 0 Å². The number of nitrogens with one attached hydrogen (secondary N) is 2. The number of aromatic hydroxyl groups is 2. The summed E-state index contributed by atoms with van der Waals surface area (Å²) in [5.74, 6) is -0.552. The zero-order valence-corrected chi connectivity index (χ0v) is 14.2. The van der Waals surface area contributed by atoms with E-state index in [0.717, 1.165) is 0 Å². The van der Waals surface area contributed by atoms with E-state index in [1.165, 1.54) is 18.2 Å². The van der Waals surface area contributed by atoms with Crippen molar-refractivity contribution in [2.75, 3.05) is 16.8 Å². The maximum atomic E-state index is 12.4. The molecule has 1 amide bonds. The minimum absolute atomic E-state index is 0.0149. The molecule has 0 heterocycles.